The zero-order valence-electron chi connectivity index (χ0n) is 15.5. The van der Waals surface area contributed by atoms with Crippen LogP contribution in [0.3, 0.4) is 0 Å². The molecule has 0 amide bonds. The molecule has 0 saturated carbocycles. The van der Waals surface area contributed by atoms with Crippen LogP contribution in [0.1, 0.15) is 51.5 Å². The molecule has 1 rings (SSSR count). The predicted octanol–water partition coefficient (Wildman–Crippen LogP) is 2.63. The molecule has 0 aliphatic rings. The Balaban J connectivity index is 2.30. The van der Waals surface area contributed by atoms with Gasteiger partial charge in [0.05, 0.1) is 13.7 Å². The molecule has 0 aromatic carbocycles. The number of methoxy groups -OCH3 is 1. The Labute approximate surface area is 154 Å². The van der Waals surface area contributed by atoms with Crippen molar-refractivity contribution in [2.45, 2.75) is 51.6 Å². The van der Waals surface area contributed by atoms with Gasteiger partial charge in [0.25, 0.3) is 0 Å². The lowest BCUT2D eigenvalue weighted by Gasteiger charge is -2.21. The number of unbranched alkanes of at least 4 members (excludes halogenated alkanes) is 3. The molecule has 0 bridgehead atoms. The summed E-state index contributed by atoms with van der Waals surface area (Å²) in [5.41, 5.74) is -0.0707. The Bertz CT molecular complexity index is 516. The molecule has 1 atom stereocenters. The molecule has 0 radical (unpaired) electrons. The number of esters is 1. The monoisotopic (exact) mass is 369 g/mol. The number of carbonyl (C=O) groups is 1. The van der Waals surface area contributed by atoms with Crippen molar-refractivity contribution in [1.29, 1.82) is 0 Å². The van der Waals surface area contributed by atoms with Crippen molar-refractivity contribution in [3.63, 3.8) is 0 Å². The average Bonchev–Trinajstić information content (AvgIpc) is 3.14. The van der Waals surface area contributed by atoms with Crippen LogP contribution in [0.2, 0.25) is 0 Å². The second kappa shape index (κ2) is 11.9. The quantitative estimate of drug-likeness (QED) is 0.242. The number of guanidine groups is 1. The summed E-state index contributed by atoms with van der Waals surface area (Å²) in [7, 11) is 1.42. The van der Waals surface area contributed by atoms with E-state index in [1.54, 1.807) is 18.3 Å². The molecule has 25 heavy (non-hydrogen) atoms. The fourth-order valence-electron chi connectivity index (χ4n) is 2.29. The summed E-state index contributed by atoms with van der Waals surface area (Å²) in [4.78, 5) is 15.5. The number of rotatable bonds is 11. The lowest BCUT2D eigenvalue weighted by molar-refractivity contribution is -0.140. The Morgan fingerprint density at radius 3 is 2.72 bits per heavy atom. The molecule has 1 unspecified atom stereocenters. The van der Waals surface area contributed by atoms with Gasteiger partial charge in [-0.3, -0.25) is 4.79 Å². The molecule has 1 aromatic heterocycles. The summed E-state index contributed by atoms with van der Waals surface area (Å²) in [6.45, 7) is 5.68. The van der Waals surface area contributed by atoms with Crippen molar-refractivity contribution in [2.24, 2.45) is 4.99 Å². The number of ether oxygens (including phenoxy) is 1. The molecule has 0 fully saturated rings. The summed E-state index contributed by atoms with van der Waals surface area (Å²) in [5, 5.41) is 20.9. The van der Waals surface area contributed by atoms with Crippen LogP contribution in [-0.2, 0) is 15.1 Å². The van der Waals surface area contributed by atoms with Gasteiger partial charge in [-0.25, -0.2) is 4.99 Å². The summed E-state index contributed by atoms with van der Waals surface area (Å²) in [6, 6.07) is 1.93. The van der Waals surface area contributed by atoms with Gasteiger partial charge in [-0.1, -0.05) is 12.8 Å². The van der Waals surface area contributed by atoms with Gasteiger partial charge in [0.15, 0.2) is 5.96 Å². The molecule has 142 valence electrons. The lowest BCUT2D eigenvalue weighted by atomic mass is 10.00. The highest BCUT2D eigenvalue weighted by atomic mass is 32.1. The third-order valence-corrected chi connectivity index (χ3v) is 4.54. The van der Waals surface area contributed by atoms with Crippen LogP contribution in [-0.4, -0.2) is 43.8 Å². The third-order valence-electron chi connectivity index (χ3n) is 3.86. The standard InChI is InChI=1S/C18H31N3O3S/c1-4-19-17(20-11-8-6-5-7-9-16(22)24-3)21-14-18(2,23)15-10-12-25-13-15/h10,12-13,23H,4-9,11,14H2,1-3H3,(H2,19,20,21). The summed E-state index contributed by atoms with van der Waals surface area (Å²) >= 11 is 1.57. The number of nitrogens with zero attached hydrogens (tertiary/aromatic N) is 1. The Morgan fingerprint density at radius 1 is 1.32 bits per heavy atom. The van der Waals surface area contributed by atoms with Crippen LogP contribution < -0.4 is 10.6 Å². The Hall–Kier alpha value is -1.60. The fourth-order valence-corrected chi connectivity index (χ4v) is 3.08. The summed E-state index contributed by atoms with van der Waals surface area (Å²) in [5.74, 6) is 0.574. The van der Waals surface area contributed by atoms with E-state index in [-0.39, 0.29) is 5.97 Å². The number of nitrogens with one attached hydrogen (secondary N) is 2. The van der Waals surface area contributed by atoms with E-state index in [1.807, 2.05) is 23.8 Å². The predicted molar refractivity (Wildman–Crippen MR) is 103 cm³/mol. The van der Waals surface area contributed by atoms with Crippen LogP contribution in [0.25, 0.3) is 0 Å². The molecule has 6 nitrogen and oxygen atoms in total. The zero-order valence-corrected chi connectivity index (χ0v) is 16.3. The van der Waals surface area contributed by atoms with Crippen LogP contribution >= 0.6 is 11.3 Å². The van der Waals surface area contributed by atoms with Crippen molar-refractivity contribution in [2.75, 3.05) is 26.7 Å². The number of aliphatic hydroxyl groups is 1. The van der Waals surface area contributed by atoms with Gasteiger partial charge >= 0.3 is 5.97 Å². The second-order valence-electron chi connectivity index (χ2n) is 6.15. The van der Waals surface area contributed by atoms with Crippen molar-refractivity contribution < 1.29 is 14.6 Å². The first-order chi connectivity index (χ1) is 12.0. The van der Waals surface area contributed by atoms with Gasteiger partial charge in [-0.2, -0.15) is 11.3 Å². The first kappa shape index (κ1) is 21.4. The van der Waals surface area contributed by atoms with Crippen LogP contribution in [0.5, 0.6) is 0 Å². The highest BCUT2D eigenvalue weighted by molar-refractivity contribution is 7.08. The summed E-state index contributed by atoms with van der Waals surface area (Å²) in [6.07, 6.45) is 4.43. The smallest absolute Gasteiger partial charge is 0.305 e. The molecule has 0 spiro atoms. The van der Waals surface area contributed by atoms with E-state index in [1.165, 1.54) is 7.11 Å². The van der Waals surface area contributed by atoms with Crippen LogP contribution in [0.15, 0.2) is 21.8 Å². The van der Waals surface area contributed by atoms with Gasteiger partial charge in [0.1, 0.15) is 5.60 Å². The zero-order chi connectivity index (χ0) is 18.5. The molecule has 0 saturated heterocycles. The number of thiophene rings is 1. The number of carbonyl (C=O) groups excluding carboxylic acids is 1. The molecule has 0 aliphatic heterocycles. The number of hydrogen-bond donors (Lipinski definition) is 3. The minimum Gasteiger partial charge on any atom is -0.469 e. The third kappa shape index (κ3) is 8.88. The molecule has 7 heteroatoms. The number of hydrogen-bond acceptors (Lipinski definition) is 5. The molecule has 1 aromatic rings. The normalized spacial score (nSPS) is 14.0. The van der Waals surface area contributed by atoms with Crippen LogP contribution in [0.4, 0.5) is 0 Å². The largest absolute Gasteiger partial charge is 0.469 e. The highest BCUT2D eigenvalue weighted by Crippen LogP contribution is 2.23. The van der Waals surface area contributed by atoms with Gasteiger partial charge in [-0.05, 0) is 49.1 Å². The van der Waals surface area contributed by atoms with E-state index >= 15 is 0 Å². The van der Waals surface area contributed by atoms with Gasteiger partial charge in [-0.15, -0.1) is 0 Å². The van der Waals surface area contributed by atoms with Crippen molar-refractivity contribution >= 4 is 23.3 Å². The van der Waals surface area contributed by atoms with Crippen molar-refractivity contribution in [3.05, 3.63) is 22.4 Å². The SMILES string of the molecule is CCNC(=NCC(C)(O)c1ccsc1)NCCCCCCC(=O)OC. The minimum atomic E-state index is -0.962. The molecular weight excluding hydrogens is 338 g/mol. The van der Waals surface area contributed by atoms with Gasteiger partial charge < -0.3 is 20.5 Å². The number of aliphatic imine (C=N–C) groups is 1. The van der Waals surface area contributed by atoms with E-state index in [4.69, 9.17) is 0 Å². The van der Waals surface area contributed by atoms with Crippen LogP contribution in [0, 0.1) is 0 Å². The average molecular weight is 370 g/mol. The second-order valence-corrected chi connectivity index (χ2v) is 6.93. The van der Waals surface area contributed by atoms with Gasteiger partial charge in [0.2, 0.25) is 0 Å². The topological polar surface area (TPSA) is 83.0 Å². The molecular formula is C18H31N3O3S. The van der Waals surface area contributed by atoms with E-state index in [9.17, 15) is 9.90 Å². The Morgan fingerprint density at radius 2 is 2.08 bits per heavy atom. The maximum Gasteiger partial charge on any atom is 0.305 e. The first-order valence-electron chi connectivity index (χ1n) is 8.83. The molecule has 1 heterocycles. The van der Waals surface area contributed by atoms with E-state index < -0.39 is 5.60 Å². The summed E-state index contributed by atoms with van der Waals surface area (Å²) < 4.78 is 4.62. The van der Waals surface area contributed by atoms with Crippen molar-refractivity contribution in [1.82, 2.24) is 10.6 Å². The minimum absolute atomic E-state index is 0.141. The van der Waals surface area contributed by atoms with Crippen molar-refractivity contribution in [3.8, 4) is 0 Å². The molecule has 3 N–H and O–H groups in total. The van der Waals surface area contributed by atoms with E-state index in [0.29, 0.717) is 18.9 Å². The maximum absolute atomic E-state index is 11.0. The van der Waals surface area contributed by atoms with Gasteiger partial charge in [0, 0.05) is 19.5 Å². The maximum atomic E-state index is 11.0. The molecule has 0 aliphatic carbocycles. The van der Waals surface area contributed by atoms with E-state index in [0.717, 1.165) is 44.3 Å². The lowest BCUT2D eigenvalue weighted by Crippen LogP contribution is -2.39. The van der Waals surface area contributed by atoms with E-state index in [2.05, 4.69) is 20.4 Å². The fraction of sp³-hybridized carbons (Fsp3) is 0.667. The Kier molecular flexibility index (Phi) is 10.2. The first-order valence-corrected chi connectivity index (χ1v) is 9.78. The highest BCUT2D eigenvalue weighted by Gasteiger charge is 2.23.